The molecule has 126 valence electrons. The molecule has 4 nitrogen and oxygen atoms in total. The first-order valence-corrected chi connectivity index (χ1v) is 8.13. The Kier molecular flexibility index (Phi) is 7.99. The summed E-state index contributed by atoms with van der Waals surface area (Å²) in [6.07, 6.45) is 3.10. The van der Waals surface area contributed by atoms with E-state index in [-0.39, 0.29) is 36.8 Å². The summed E-state index contributed by atoms with van der Waals surface area (Å²) in [7, 11) is 0. The minimum absolute atomic E-state index is 0. The summed E-state index contributed by atoms with van der Waals surface area (Å²) in [5.74, 6) is 0.453. The van der Waals surface area contributed by atoms with Gasteiger partial charge in [-0.1, -0.05) is 30.3 Å². The van der Waals surface area contributed by atoms with E-state index in [1.165, 1.54) is 29.7 Å². The van der Waals surface area contributed by atoms with Crippen molar-refractivity contribution in [3.05, 3.63) is 52.0 Å². The molecule has 1 aliphatic carbocycles. The second-order valence-corrected chi connectivity index (χ2v) is 6.38. The molecule has 0 saturated heterocycles. The van der Waals surface area contributed by atoms with Gasteiger partial charge in [0.15, 0.2) is 0 Å². The first-order valence-electron chi connectivity index (χ1n) is 7.25. The highest BCUT2D eigenvalue weighted by atomic mass is 35.5. The lowest BCUT2D eigenvalue weighted by atomic mass is 10.2. The van der Waals surface area contributed by atoms with Crippen LogP contribution >= 0.6 is 36.2 Å². The highest BCUT2D eigenvalue weighted by molar-refractivity contribution is 7.09. The molecular formula is C16H21Cl2N3OS. The van der Waals surface area contributed by atoms with Crippen LogP contribution in [0.2, 0.25) is 0 Å². The van der Waals surface area contributed by atoms with Crippen LogP contribution in [0.25, 0.3) is 0 Å². The Bertz CT molecular complexity index is 617. The number of hydrogen-bond acceptors (Lipinski definition) is 4. The van der Waals surface area contributed by atoms with Crippen LogP contribution in [0, 0.1) is 5.92 Å². The van der Waals surface area contributed by atoms with Crippen LogP contribution < -0.4 is 11.1 Å². The van der Waals surface area contributed by atoms with E-state index in [9.17, 15) is 4.79 Å². The maximum absolute atomic E-state index is 12.2. The summed E-state index contributed by atoms with van der Waals surface area (Å²) in [5, 5.41) is 5.79. The van der Waals surface area contributed by atoms with Crippen LogP contribution in [0.5, 0.6) is 0 Å². The Labute approximate surface area is 152 Å². The fourth-order valence-electron chi connectivity index (χ4n) is 2.38. The summed E-state index contributed by atoms with van der Waals surface area (Å²) in [6, 6.07) is 10.2. The number of thiazole rings is 1. The molecular weight excluding hydrogens is 353 g/mol. The number of amides is 1. The van der Waals surface area contributed by atoms with E-state index in [4.69, 9.17) is 5.73 Å². The van der Waals surface area contributed by atoms with Crippen molar-refractivity contribution < 1.29 is 4.79 Å². The summed E-state index contributed by atoms with van der Waals surface area (Å²) in [4.78, 5) is 16.6. The van der Waals surface area contributed by atoms with Gasteiger partial charge in [0.2, 0.25) is 0 Å². The molecule has 1 unspecified atom stereocenters. The largest absolute Gasteiger partial charge is 0.346 e. The van der Waals surface area contributed by atoms with E-state index in [2.05, 4.69) is 22.4 Å². The van der Waals surface area contributed by atoms with Crippen LogP contribution in [-0.4, -0.2) is 23.5 Å². The lowest BCUT2D eigenvalue weighted by Gasteiger charge is -2.14. The molecule has 1 aromatic carbocycles. The Hall–Kier alpha value is -1.14. The van der Waals surface area contributed by atoms with Crippen LogP contribution in [0.1, 0.15) is 33.9 Å². The average molecular weight is 374 g/mol. The van der Waals surface area contributed by atoms with Gasteiger partial charge in [0.1, 0.15) is 5.69 Å². The average Bonchev–Trinajstić information content (AvgIpc) is 3.25. The zero-order chi connectivity index (χ0) is 14.7. The Morgan fingerprint density at radius 2 is 2.00 bits per heavy atom. The van der Waals surface area contributed by atoms with Crippen molar-refractivity contribution in [1.82, 2.24) is 10.3 Å². The number of halogens is 2. The normalized spacial score (nSPS) is 14.3. The number of nitrogens with two attached hydrogens (primary N) is 1. The van der Waals surface area contributed by atoms with Crippen molar-refractivity contribution in [3.8, 4) is 0 Å². The van der Waals surface area contributed by atoms with Crippen molar-refractivity contribution in [2.24, 2.45) is 11.7 Å². The summed E-state index contributed by atoms with van der Waals surface area (Å²) in [6.45, 7) is 0.497. The van der Waals surface area contributed by atoms with Gasteiger partial charge >= 0.3 is 0 Å². The number of carbonyl (C=O) groups excluding carboxylic acids is 1. The second kappa shape index (κ2) is 9.23. The zero-order valence-corrected chi connectivity index (χ0v) is 15.1. The van der Waals surface area contributed by atoms with E-state index in [0.29, 0.717) is 18.2 Å². The van der Waals surface area contributed by atoms with E-state index in [1.807, 2.05) is 23.6 Å². The fraction of sp³-hybridized carbons (Fsp3) is 0.375. The minimum Gasteiger partial charge on any atom is -0.346 e. The minimum atomic E-state index is -0.104. The lowest BCUT2D eigenvalue weighted by Crippen LogP contribution is -2.41. The van der Waals surface area contributed by atoms with Crippen molar-refractivity contribution in [2.75, 3.05) is 6.54 Å². The van der Waals surface area contributed by atoms with Crippen molar-refractivity contribution in [1.29, 1.82) is 0 Å². The predicted octanol–water partition coefficient (Wildman–Crippen LogP) is 3.04. The van der Waals surface area contributed by atoms with E-state index < -0.39 is 0 Å². The van der Waals surface area contributed by atoms with Crippen LogP contribution in [0.15, 0.2) is 35.7 Å². The van der Waals surface area contributed by atoms with Crippen LogP contribution in [0.3, 0.4) is 0 Å². The highest BCUT2D eigenvalue weighted by Gasteiger charge is 2.31. The third kappa shape index (κ3) is 5.46. The molecule has 0 bridgehead atoms. The number of aromatic nitrogens is 1. The molecule has 3 rings (SSSR count). The topological polar surface area (TPSA) is 68.0 Å². The standard InChI is InChI=1S/C16H19N3OS.2ClH/c17-9-13(12-6-7-12)19-16(20)14-10-21-15(18-14)8-11-4-2-1-3-5-11;;/h1-5,10,12-13H,6-9,17H2,(H,19,20);2*1H. The summed E-state index contributed by atoms with van der Waals surface area (Å²) >= 11 is 1.53. The summed E-state index contributed by atoms with van der Waals surface area (Å²) in [5.41, 5.74) is 7.42. The zero-order valence-electron chi connectivity index (χ0n) is 12.6. The van der Waals surface area contributed by atoms with Crippen molar-refractivity contribution >= 4 is 42.1 Å². The third-order valence-electron chi connectivity index (χ3n) is 3.74. The fourth-order valence-corrected chi connectivity index (χ4v) is 3.19. The van der Waals surface area contributed by atoms with E-state index in [0.717, 1.165) is 11.4 Å². The highest BCUT2D eigenvalue weighted by Crippen LogP contribution is 2.32. The molecule has 1 heterocycles. The Balaban J connectivity index is 0.00000132. The Morgan fingerprint density at radius 1 is 1.30 bits per heavy atom. The van der Waals surface area contributed by atoms with Gasteiger partial charge < -0.3 is 11.1 Å². The molecule has 1 atom stereocenters. The van der Waals surface area contributed by atoms with Crippen molar-refractivity contribution in [3.63, 3.8) is 0 Å². The molecule has 2 aromatic rings. The van der Waals surface area contributed by atoms with Gasteiger partial charge in [0.25, 0.3) is 5.91 Å². The van der Waals surface area contributed by atoms with Gasteiger partial charge in [-0.05, 0) is 24.3 Å². The monoisotopic (exact) mass is 373 g/mol. The maximum atomic E-state index is 12.2. The van der Waals surface area contributed by atoms with Crippen molar-refractivity contribution in [2.45, 2.75) is 25.3 Å². The van der Waals surface area contributed by atoms with Crippen LogP contribution in [0.4, 0.5) is 0 Å². The van der Waals surface area contributed by atoms with Gasteiger partial charge in [-0.3, -0.25) is 4.79 Å². The number of nitrogens with zero attached hydrogens (tertiary/aromatic N) is 1. The number of rotatable bonds is 6. The molecule has 1 saturated carbocycles. The molecule has 1 aromatic heterocycles. The second-order valence-electron chi connectivity index (χ2n) is 5.44. The van der Waals surface area contributed by atoms with Gasteiger partial charge in [0, 0.05) is 24.4 Å². The SMILES string of the molecule is Cl.Cl.NCC(NC(=O)c1csc(Cc2ccccc2)n1)C1CC1. The first kappa shape index (κ1) is 19.9. The molecule has 0 radical (unpaired) electrons. The number of carbonyl (C=O) groups is 1. The molecule has 0 aliphatic heterocycles. The van der Waals surface area contributed by atoms with Gasteiger partial charge in [0.05, 0.1) is 5.01 Å². The van der Waals surface area contributed by atoms with Gasteiger partial charge in [-0.2, -0.15) is 0 Å². The third-order valence-corrected chi connectivity index (χ3v) is 4.59. The molecule has 0 spiro atoms. The smallest absolute Gasteiger partial charge is 0.271 e. The number of benzene rings is 1. The number of nitrogens with one attached hydrogen (secondary N) is 1. The molecule has 1 fully saturated rings. The predicted molar refractivity (Wildman–Crippen MR) is 98.9 cm³/mol. The first-order chi connectivity index (χ1) is 10.3. The quantitative estimate of drug-likeness (QED) is 0.817. The number of hydrogen-bond donors (Lipinski definition) is 2. The molecule has 7 heteroatoms. The van der Waals surface area contributed by atoms with Crippen LogP contribution in [-0.2, 0) is 6.42 Å². The molecule has 3 N–H and O–H groups in total. The molecule has 23 heavy (non-hydrogen) atoms. The van der Waals surface area contributed by atoms with Gasteiger partial charge in [-0.15, -0.1) is 36.2 Å². The molecule has 1 aliphatic rings. The summed E-state index contributed by atoms with van der Waals surface area (Å²) < 4.78 is 0. The maximum Gasteiger partial charge on any atom is 0.271 e. The van der Waals surface area contributed by atoms with Gasteiger partial charge in [-0.25, -0.2) is 4.98 Å². The van der Waals surface area contributed by atoms with E-state index >= 15 is 0 Å². The molecule has 1 amide bonds. The van der Waals surface area contributed by atoms with E-state index in [1.54, 1.807) is 0 Å². The lowest BCUT2D eigenvalue weighted by molar-refractivity contribution is 0.0929. The Morgan fingerprint density at radius 3 is 2.61 bits per heavy atom.